The van der Waals surface area contributed by atoms with E-state index in [1.807, 2.05) is 0 Å². The third kappa shape index (κ3) is 3.03. The molecule has 26 heavy (non-hydrogen) atoms. The second kappa shape index (κ2) is 6.94. The second-order valence-corrected chi connectivity index (χ2v) is 9.64. The Kier molecular flexibility index (Phi) is 4.94. The van der Waals surface area contributed by atoms with Gasteiger partial charge in [-0.05, 0) is 92.8 Å². The van der Waals surface area contributed by atoms with Gasteiger partial charge in [-0.2, -0.15) is 0 Å². The first kappa shape index (κ1) is 18.5. The Labute approximate surface area is 157 Å². The molecule has 0 aromatic carbocycles. The Morgan fingerprint density at radius 3 is 2.69 bits per heavy atom. The van der Waals surface area contributed by atoms with Gasteiger partial charge in [0.2, 0.25) is 0 Å². The lowest BCUT2D eigenvalue weighted by Crippen LogP contribution is -2.50. The Balaban J connectivity index is 1.53. The fourth-order valence-corrected chi connectivity index (χ4v) is 7.13. The lowest BCUT2D eigenvalue weighted by atomic mass is 9.48. The van der Waals surface area contributed by atoms with Crippen molar-refractivity contribution in [2.75, 3.05) is 14.2 Å². The van der Waals surface area contributed by atoms with E-state index in [4.69, 9.17) is 4.84 Å². The zero-order valence-electron chi connectivity index (χ0n) is 16.6. The summed E-state index contributed by atoms with van der Waals surface area (Å²) in [5.74, 6) is 4.02. The number of carbonyl (C=O) groups excluding carboxylic acids is 1. The molecule has 4 heteroatoms. The lowest BCUT2D eigenvalue weighted by molar-refractivity contribution is -0.164. The molecule has 1 amide bonds. The van der Waals surface area contributed by atoms with Crippen LogP contribution in [0.5, 0.6) is 0 Å². The van der Waals surface area contributed by atoms with Gasteiger partial charge in [0.05, 0.1) is 13.2 Å². The number of aliphatic hydroxyl groups is 1. The van der Waals surface area contributed by atoms with Crippen molar-refractivity contribution in [1.29, 1.82) is 0 Å². The standard InChI is InChI=1S/C22H35NO3/c1-22-11-10-18-17-8-6-16(24)12-14(17)4-7-19(18)20(22)9-5-15(13-22)21(25)23(2)26-3/h13-14,16-20,24H,4-12H2,1-3H3/t14-,16-,17+,18-,19-,20+,22-/m1/s1. The molecule has 3 saturated carbocycles. The van der Waals surface area contributed by atoms with Crippen LogP contribution in [0.1, 0.15) is 64.7 Å². The minimum atomic E-state index is -0.0504. The summed E-state index contributed by atoms with van der Waals surface area (Å²) in [6.45, 7) is 2.39. The van der Waals surface area contributed by atoms with Crippen molar-refractivity contribution in [1.82, 2.24) is 5.06 Å². The molecule has 0 heterocycles. The van der Waals surface area contributed by atoms with Crippen molar-refractivity contribution in [2.45, 2.75) is 70.8 Å². The van der Waals surface area contributed by atoms with Gasteiger partial charge in [-0.3, -0.25) is 9.63 Å². The average Bonchev–Trinajstić information content (AvgIpc) is 2.65. The molecular formula is C22H35NO3. The fourth-order valence-electron chi connectivity index (χ4n) is 7.13. The third-order valence-corrected chi connectivity index (χ3v) is 8.43. The van der Waals surface area contributed by atoms with Gasteiger partial charge in [0, 0.05) is 12.6 Å². The minimum Gasteiger partial charge on any atom is -0.393 e. The van der Waals surface area contributed by atoms with Gasteiger partial charge in [0.1, 0.15) is 0 Å². The van der Waals surface area contributed by atoms with E-state index < -0.39 is 0 Å². The molecule has 4 nitrogen and oxygen atoms in total. The lowest BCUT2D eigenvalue weighted by Gasteiger charge is -2.57. The number of allylic oxidation sites excluding steroid dienone is 1. The van der Waals surface area contributed by atoms with Crippen LogP contribution in [0.4, 0.5) is 0 Å². The first-order valence-electron chi connectivity index (χ1n) is 10.6. The van der Waals surface area contributed by atoms with Crippen LogP contribution in [0.15, 0.2) is 11.6 Å². The molecule has 3 fully saturated rings. The van der Waals surface area contributed by atoms with E-state index in [0.717, 1.165) is 60.8 Å². The Bertz CT molecular complexity index is 588. The van der Waals surface area contributed by atoms with Crippen LogP contribution in [0.3, 0.4) is 0 Å². The van der Waals surface area contributed by atoms with Crippen LogP contribution in [0.2, 0.25) is 0 Å². The number of amides is 1. The fraction of sp³-hybridized carbons (Fsp3) is 0.864. The van der Waals surface area contributed by atoms with E-state index in [-0.39, 0.29) is 17.4 Å². The highest BCUT2D eigenvalue weighted by Gasteiger charge is 2.52. The van der Waals surface area contributed by atoms with Crippen molar-refractivity contribution in [3.05, 3.63) is 11.6 Å². The molecule has 0 aromatic rings. The number of carbonyl (C=O) groups is 1. The number of aliphatic hydroxyl groups excluding tert-OH is 1. The number of nitrogens with zero attached hydrogens (tertiary/aromatic N) is 1. The van der Waals surface area contributed by atoms with Gasteiger partial charge in [-0.15, -0.1) is 0 Å². The average molecular weight is 362 g/mol. The Morgan fingerprint density at radius 2 is 1.92 bits per heavy atom. The van der Waals surface area contributed by atoms with E-state index in [1.54, 1.807) is 14.2 Å². The van der Waals surface area contributed by atoms with Crippen molar-refractivity contribution >= 4 is 5.91 Å². The molecule has 146 valence electrons. The van der Waals surface area contributed by atoms with Crippen LogP contribution < -0.4 is 0 Å². The molecule has 0 spiro atoms. The summed E-state index contributed by atoms with van der Waals surface area (Å²) in [6.07, 6.45) is 12.7. The first-order chi connectivity index (χ1) is 12.4. The summed E-state index contributed by atoms with van der Waals surface area (Å²) in [7, 11) is 3.25. The van der Waals surface area contributed by atoms with Crippen LogP contribution in [0.25, 0.3) is 0 Å². The van der Waals surface area contributed by atoms with Gasteiger partial charge < -0.3 is 5.11 Å². The molecule has 0 aromatic heterocycles. The summed E-state index contributed by atoms with van der Waals surface area (Å²) in [4.78, 5) is 17.7. The highest BCUT2D eigenvalue weighted by Crippen LogP contribution is 2.60. The summed E-state index contributed by atoms with van der Waals surface area (Å²) in [5, 5.41) is 11.4. The number of fused-ring (bicyclic) bond motifs is 5. The number of hydrogen-bond donors (Lipinski definition) is 1. The number of hydrogen-bond acceptors (Lipinski definition) is 3. The summed E-state index contributed by atoms with van der Waals surface area (Å²) < 4.78 is 0. The Morgan fingerprint density at radius 1 is 1.15 bits per heavy atom. The largest absolute Gasteiger partial charge is 0.393 e. The first-order valence-corrected chi connectivity index (χ1v) is 10.6. The summed E-state index contributed by atoms with van der Waals surface area (Å²) in [5.41, 5.74) is 1.11. The maximum absolute atomic E-state index is 12.6. The summed E-state index contributed by atoms with van der Waals surface area (Å²) in [6, 6.07) is 0. The monoisotopic (exact) mass is 361 g/mol. The molecule has 4 aliphatic rings. The van der Waals surface area contributed by atoms with Crippen LogP contribution in [-0.4, -0.2) is 36.3 Å². The normalized spacial score (nSPS) is 45.0. The van der Waals surface area contributed by atoms with Gasteiger partial charge in [-0.1, -0.05) is 13.0 Å². The van der Waals surface area contributed by atoms with Crippen molar-refractivity contribution in [2.24, 2.45) is 35.0 Å². The third-order valence-electron chi connectivity index (χ3n) is 8.43. The molecule has 0 unspecified atom stereocenters. The van der Waals surface area contributed by atoms with E-state index in [2.05, 4.69) is 13.0 Å². The molecular weight excluding hydrogens is 326 g/mol. The Hall–Kier alpha value is -0.870. The molecule has 4 aliphatic carbocycles. The molecule has 0 radical (unpaired) electrons. The number of likely N-dealkylation sites (N-methyl/N-ethyl adjacent to an activating group) is 1. The molecule has 1 N–H and O–H groups in total. The van der Waals surface area contributed by atoms with Gasteiger partial charge in [-0.25, -0.2) is 5.06 Å². The zero-order chi connectivity index (χ0) is 18.5. The van der Waals surface area contributed by atoms with Crippen LogP contribution in [-0.2, 0) is 9.63 Å². The molecule has 0 bridgehead atoms. The quantitative estimate of drug-likeness (QED) is 0.758. The second-order valence-electron chi connectivity index (χ2n) is 9.64. The van der Waals surface area contributed by atoms with Crippen LogP contribution >= 0.6 is 0 Å². The highest BCUT2D eigenvalue weighted by molar-refractivity contribution is 5.92. The van der Waals surface area contributed by atoms with Crippen molar-refractivity contribution in [3.8, 4) is 0 Å². The molecule has 0 saturated heterocycles. The topological polar surface area (TPSA) is 49.8 Å². The van der Waals surface area contributed by atoms with Crippen molar-refractivity contribution in [3.63, 3.8) is 0 Å². The maximum atomic E-state index is 12.6. The number of hydroxylamine groups is 2. The predicted octanol–water partition coefficient (Wildman–Crippen LogP) is 3.95. The van der Waals surface area contributed by atoms with E-state index in [9.17, 15) is 9.90 Å². The van der Waals surface area contributed by atoms with E-state index in [0.29, 0.717) is 0 Å². The number of rotatable bonds is 2. The SMILES string of the molecule is CON(C)C(=O)C1=C[C@@]2(C)CC[C@H]3[C@@H](CC[C@@H]4C[C@H](O)CC[C@@H]43)[C@@H]2CC1. The molecule has 0 aliphatic heterocycles. The minimum absolute atomic E-state index is 0.0271. The summed E-state index contributed by atoms with van der Waals surface area (Å²) >= 11 is 0. The van der Waals surface area contributed by atoms with E-state index in [1.165, 1.54) is 37.2 Å². The van der Waals surface area contributed by atoms with Gasteiger partial charge in [0.15, 0.2) is 0 Å². The van der Waals surface area contributed by atoms with Crippen LogP contribution in [0, 0.1) is 35.0 Å². The molecule has 7 atom stereocenters. The molecule has 4 rings (SSSR count). The van der Waals surface area contributed by atoms with Gasteiger partial charge in [0.25, 0.3) is 5.91 Å². The van der Waals surface area contributed by atoms with Crippen molar-refractivity contribution < 1.29 is 14.7 Å². The van der Waals surface area contributed by atoms with Gasteiger partial charge >= 0.3 is 0 Å². The van der Waals surface area contributed by atoms with E-state index >= 15 is 0 Å². The zero-order valence-corrected chi connectivity index (χ0v) is 16.6. The maximum Gasteiger partial charge on any atom is 0.272 e. The highest BCUT2D eigenvalue weighted by atomic mass is 16.7. The predicted molar refractivity (Wildman–Crippen MR) is 101 cm³/mol. The smallest absolute Gasteiger partial charge is 0.272 e.